The number of H-pyrrole nitrogens is 1. The molecule has 1 aromatic heterocycles. The highest BCUT2D eigenvalue weighted by atomic mass is 32.1. The van der Waals surface area contributed by atoms with Crippen LogP contribution < -0.4 is 9.88 Å². The lowest BCUT2D eigenvalue weighted by Crippen LogP contribution is -2.23. The molecule has 0 saturated heterocycles. The van der Waals surface area contributed by atoms with Crippen LogP contribution in [0.5, 0.6) is 0 Å². The number of carbonyl (C=O) groups is 1. The van der Waals surface area contributed by atoms with Crippen LogP contribution in [0.2, 0.25) is 0 Å². The fraction of sp³-hybridized carbons (Fsp3) is 0.250. The summed E-state index contributed by atoms with van der Waals surface area (Å²) < 4.78 is 6.52. The number of hydrogen-bond acceptors (Lipinski definition) is 4. The number of rotatable bonds is 3. The number of aromatic amines is 1. The molecule has 0 fully saturated rings. The summed E-state index contributed by atoms with van der Waals surface area (Å²) in [6, 6.07) is 6.28. The Kier molecular flexibility index (Phi) is 5.09. The van der Waals surface area contributed by atoms with Crippen molar-refractivity contribution in [3.8, 4) is 0 Å². The van der Waals surface area contributed by atoms with E-state index in [0.29, 0.717) is 15.9 Å². The minimum absolute atomic E-state index is 0.357. The monoisotopic (exact) mass is 319 g/mol. The molecule has 0 aliphatic rings. The topological polar surface area (TPSA) is 42.1 Å². The number of carbonyl (C=O) groups excluding carboxylic acids is 1. The van der Waals surface area contributed by atoms with Crippen molar-refractivity contribution in [3.63, 3.8) is 0 Å². The Hall–Kier alpha value is -1.72. The minimum Gasteiger partial charge on any atom is -0.463 e. The summed E-state index contributed by atoms with van der Waals surface area (Å²) in [4.78, 5) is 14.6. The first-order valence-electron chi connectivity index (χ1n) is 6.66. The highest BCUT2D eigenvalue weighted by Gasteiger charge is 2.00. The quantitative estimate of drug-likeness (QED) is 0.698. The Morgan fingerprint density at radius 3 is 2.90 bits per heavy atom. The van der Waals surface area contributed by atoms with Crippen LogP contribution in [0.1, 0.15) is 23.6 Å². The number of nitrogens with one attached hydrogen (secondary N) is 1. The Bertz CT molecular complexity index is 831. The minimum atomic E-state index is -0.364. The van der Waals surface area contributed by atoms with Gasteiger partial charge in [-0.15, -0.1) is 11.3 Å². The largest absolute Gasteiger partial charge is 0.463 e. The van der Waals surface area contributed by atoms with Gasteiger partial charge in [0.25, 0.3) is 0 Å². The first-order valence-corrected chi connectivity index (χ1v) is 7.88. The van der Waals surface area contributed by atoms with Gasteiger partial charge in [-0.25, -0.2) is 4.79 Å². The van der Waals surface area contributed by atoms with Crippen molar-refractivity contribution < 1.29 is 9.53 Å². The number of thiazole rings is 1. The van der Waals surface area contributed by atoms with Crippen molar-refractivity contribution in [2.45, 2.75) is 20.8 Å². The first-order chi connectivity index (χ1) is 9.99. The molecule has 0 saturated carbocycles. The van der Waals surface area contributed by atoms with Gasteiger partial charge in [-0.1, -0.05) is 23.8 Å². The van der Waals surface area contributed by atoms with Crippen molar-refractivity contribution in [3.05, 3.63) is 48.7 Å². The maximum absolute atomic E-state index is 11.6. The van der Waals surface area contributed by atoms with Gasteiger partial charge < -0.3 is 9.72 Å². The Morgan fingerprint density at radius 1 is 1.43 bits per heavy atom. The second-order valence-electron chi connectivity index (χ2n) is 4.69. The van der Waals surface area contributed by atoms with Crippen molar-refractivity contribution in [1.29, 1.82) is 0 Å². The molecule has 0 spiro atoms. The van der Waals surface area contributed by atoms with Gasteiger partial charge in [-0.05, 0) is 50.2 Å². The molecule has 21 heavy (non-hydrogen) atoms. The van der Waals surface area contributed by atoms with E-state index in [0.717, 1.165) is 10.1 Å². The summed E-state index contributed by atoms with van der Waals surface area (Å²) in [5.41, 5.74) is 3.50. The Labute approximate surface area is 132 Å². The van der Waals surface area contributed by atoms with Gasteiger partial charge in [0.2, 0.25) is 0 Å². The molecule has 1 N–H and O–H groups in total. The third-order valence-electron chi connectivity index (χ3n) is 2.97. The lowest BCUT2D eigenvalue weighted by Gasteiger charge is -2.00. The van der Waals surface area contributed by atoms with Gasteiger partial charge in [0.15, 0.2) is 3.95 Å². The average Bonchev–Trinajstić information content (AvgIpc) is 2.74. The van der Waals surface area contributed by atoms with E-state index in [1.807, 2.05) is 6.08 Å². The van der Waals surface area contributed by atoms with Crippen LogP contribution >= 0.6 is 23.6 Å². The van der Waals surface area contributed by atoms with E-state index in [2.05, 4.69) is 37.0 Å². The van der Waals surface area contributed by atoms with E-state index in [-0.39, 0.29) is 5.97 Å². The molecule has 0 aliphatic carbocycles. The van der Waals surface area contributed by atoms with Gasteiger partial charge in [-0.3, -0.25) is 0 Å². The first kappa shape index (κ1) is 15.7. The molecule has 110 valence electrons. The second kappa shape index (κ2) is 6.83. The normalized spacial score (nSPS) is 12.7. The zero-order chi connectivity index (χ0) is 15.4. The molecular weight excluding hydrogens is 302 g/mol. The van der Waals surface area contributed by atoms with Crippen LogP contribution in [0.3, 0.4) is 0 Å². The number of hydrogen-bond donors (Lipinski definition) is 1. The van der Waals surface area contributed by atoms with Gasteiger partial charge >= 0.3 is 5.97 Å². The number of aryl methyl sites for hydroxylation is 2. The molecule has 0 radical (unpaired) electrons. The average molecular weight is 319 g/mol. The fourth-order valence-corrected chi connectivity index (χ4v) is 3.07. The molecule has 0 bridgehead atoms. The zero-order valence-electron chi connectivity index (χ0n) is 12.2. The molecule has 0 amide bonds. The van der Waals surface area contributed by atoms with E-state index in [4.69, 9.17) is 17.0 Å². The molecule has 1 heterocycles. The standard InChI is InChI=1S/C16H17NO2S2/c1-4-19-15(18)9-13-14(21-16(20)17-13)8-12-7-10(2)5-6-11(12)3/h5-9H,4H2,1-3H3,(H,17,20)/b13-9-,14-8-. The van der Waals surface area contributed by atoms with Crippen LogP contribution in [0, 0.1) is 17.8 Å². The van der Waals surface area contributed by atoms with E-state index in [1.165, 1.54) is 28.5 Å². The van der Waals surface area contributed by atoms with E-state index < -0.39 is 0 Å². The summed E-state index contributed by atoms with van der Waals surface area (Å²) in [5.74, 6) is -0.364. The lowest BCUT2D eigenvalue weighted by atomic mass is 10.1. The molecule has 0 aliphatic heterocycles. The third kappa shape index (κ3) is 4.12. The highest BCUT2D eigenvalue weighted by Crippen LogP contribution is 2.11. The summed E-state index contributed by atoms with van der Waals surface area (Å²) >= 11 is 6.63. The number of esters is 1. The van der Waals surface area contributed by atoms with Crippen molar-refractivity contribution >= 4 is 41.7 Å². The summed E-state index contributed by atoms with van der Waals surface area (Å²) in [6.45, 7) is 6.26. The molecule has 2 rings (SSSR count). The molecule has 3 nitrogen and oxygen atoms in total. The molecule has 2 aromatic rings. The zero-order valence-corrected chi connectivity index (χ0v) is 13.9. The molecule has 1 aromatic carbocycles. The van der Waals surface area contributed by atoms with Gasteiger partial charge in [-0.2, -0.15) is 0 Å². The van der Waals surface area contributed by atoms with Crippen molar-refractivity contribution in [1.82, 2.24) is 4.98 Å². The summed E-state index contributed by atoms with van der Waals surface area (Å²) in [7, 11) is 0. The Morgan fingerprint density at radius 2 is 2.19 bits per heavy atom. The van der Waals surface area contributed by atoms with Crippen LogP contribution in [0.15, 0.2) is 18.2 Å². The van der Waals surface area contributed by atoms with Gasteiger partial charge in [0.05, 0.1) is 16.5 Å². The van der Waals surface area contributed by atoms with Gasteiger partial charge in [0, 0.05) is 6.08 Å². The van der Waals surface area contributed by atoms with Crippen LogP contribution in [-0.4, -0.2) is 17.6 Å². The van der Waals surface area contributed by atoms with E-state index >= 15 is 0 Å². The predicted octanol–water partition coefficient (Wildman–Crippen LogP) is 2.59. The van der Waals surface area contributed by atoms with Crippen LogP contribution in [0.4, 0.5) is 0 Å². The van der Waals surface area contributed by atoms with Crippen molar-refractivity contribution in [2.24, 2.45) is 0 Å². The molecule has 0 unspecified atom stereocenters. The van der Waals surface area contributed by atoms with Crippen LogP contribution in [-0.2, 0) is 9.53 Å². The third-order valence-corrected chi connectivity index (χ3v) is 4.17. The Balaban J connectivity index is 2.59. The predicted molar refractivity (Wildman–Crippen MR) is 89.3 cm³/mol. The van der Waals surface area contributed by atoms with Crippen molar-refractivity contribution in [2.75, 3.05) is 6.61 Å². The SMILES string of the molecule is CCOC(=O)/C=c1\[nH]c(=S)s\c1=C/c1cc(C)ccc1C. The lowest BCUT2D eigenvalue weighted by molar-refractivity contribution is -0.135. The van der Waals surface area contributed by atoms with E-state index in [1.54, 1.807) is 6.92 Å². The number of aromatic nitrogens is 1. The molecular formula is C16H17NO2S2. The highest BCUT2D eigenvalue weighted by molar-refractivity contribution is 7.73. The van der Waals surface area contributed by atoms with Gasteiger partial charge in [0.1, 0.15) is 0 Å². The number of ether oxygens (including phenoxy) is 1. The maximum atomic E-state index is 11.6. The number of benzene rings is 1. The molecule has 5 heteroatoms. The fourth-order valence-electron chi connectivity index (χ4n) is 1.92. The molecule has 0 atom stereocenters. The van der Waals surface area contributed by atoms with Crippen LogP contribution in [0.25, 0.3) is 12.2 Å². The smallest absolute Gasteiger partial charge is 0.332 e. The second-order valence-corrected chi connectivity index (χ2v) is 6.41. The summed E-state index contributed by atoms with van der Waals surface area (Å²) in [5, 5.41) is 0.698. The summed E-state index contributed by atoms with van der Waals surface area (Å²) in [6.07, 6.45) is 3.50. The maximum Gasteiger partial charge on any atom is 0.332 e. The van der Waals surface area contributed by atoms with E-state index in [9.17, 15) is 4.79 Å².